The molecule has 0 spiro atoms. The summed E-state index contributed by atoms with van der Waals surface area (Å²) in [5.74, 6) is 1.26. The molecule has 0 unspecified atom stereocenters. The number of aliphatic hydroxyl groups is 1. The normalized spacial score (nSPS) is 28.8. The molecule has 1 N–H and O–H groups in total. The number of hydrogen-bond donors (Lipinski definition) is 1. The molecule has 3 atom stereocenters. The Labute approximate surface area is 116 Å². The topological polar surface area (TPSA) is 49.8 Å². The monoisotopic (exact) mass is 281 g/mol. The highest BCUT2D eigenvalue weighted by Gasteiger charge is 2.47. The Hall–Kier alpha value is -1.26. The Morgan fingerprint density at radius 1 is 1.42 bits per heavy atom. The molecule has 1 saturated carbocycles. The number of fused-ring (bicyclic) bond motifs is 1. The van der Waals surface area contributed by atoms with Crippen molar-refractivity contribution in [1.29, 1.82) is 0 Å². The lowest BCUT2D eigenvalue weighted by molar-refractivity contribution is -0.00427. The van der Waals surface area contributed by atoms with Gasteiger partial charge in [-0.3, -0.25) is 4.79 Å². The maximum Gasteiger partial charge on any atom is 0.254 e. The average Bonchev–Trinajstić information content (AvgIpc) is 2.74. The van der Waals surface area contributed by atoms with Crippen LogP contribution >= 0.6 is 11.6 Å². The lowest BCUT2D eigenvalue weighted by Gasteiger charge is -2.34. The second-order valence-corrected chi connectivity index (χ2v) is 5.75. The van der Waals surface area contributed by atoms with Crippen molar-refractivity contribution >= 4 is 17.5 Å². The second kappa shape index (κ2) is 4.69. The van der Waals surface area contributed by atoms with E-state index >= 15 is 0 Å². The Kier molecular flexibility index (Phi) is 3.15. The van der Waals surface area contributed by atoms with Gasteiger partial charge in [0.1, 0.15) is 5.75 Å². The van der Waals surface area contributed by atoms with E-state index in [1.165, 1.54) is 0 Å². The van der Waals surface area contributed by atoms with E-state index in [0.29, 0.717) is 28.8 Å². The van der Waals surface area contributed by atoms with Crippen LogP contribution in [0.3, 0.4) is 0 Å². The number of amides is 1. The number of halogens is 1. The molecule has 1 aliphatic carbocycles. The summed E-state index contributed by atoms with van der Waals surface area (Å²) in [5.41, 5.74) is 0.542. The van der Waals surface area contributed by atoms with Crippen molar-refractivity contribution in [2.24, 2.45) is 11.8 Å². The van der Waals surface area contributed by atoms with Gasteiger partial charge >= 0.3 is 0 Å². The molecule has 1 aliphatic heterocycles. The largest absolute Gasteiger partial charge is 0.497 e. The molecule has 1 aromatic carbocycles. The fraction of sp³-hybridized carbons (Fsp3) is 0.500. The van der Waals surface area contributed by atoms with Gasteiger partial charge in [-0.15, -0.1) is 0 Å². The molecule has 2 aliphatic rings. The standard InChI is InChI=1S/C14H16ClNO3/c1-19-11-3-8(2-10(15)5-11)14(18)16-6-9-4-13(17)12(9)7-16/h2-3,5,9,12-13,17H,4,6-7H2,1H3/t9-,12+,13-/m1/s1. The maximum absolute atomic E-state index is 12.4. The minimum Gasteiger partial charge on any atom is -0.497 e. The number of ether oxygens (including phenoxy) is 1. The van der Waals surface area contributed by atoms with E-state index in [4.69, 9.17) is 16.3 Å². The molecule has 5 heteroatoms. The number of rotatable bonds is 2. The third-order valence-electron chi connectivity index (χ3n) is 4.17. The fourth-order valence-electron chi connectivity index (χ4n) is 3.02. The first-order chi connectivity index (χ1) is 9.08. The second-order valence-electron chi connectivity index (χ2n) is 5.32. The van der Waals surface area contributed by atoms with Gasteiger partial charge in [0.05, 0.1) is 13.2 Å². The fourth-order valence-corrected chi connectivity index (χ4v) is 3.25. The summed E-state index contributed by atoms with van der Waals surface area (Å²) in [6, 6.07) is 5.03. The molecule has 1 aromatic rings. The smallest absolute Gasteiger partial charge is 0.254 e. The minimum absolute atomic E-state index is 0.0394. The van der Waals surface area contributed by atoms with Crippen LogP contribution in [0, 0.1) is 11.8 Å². The lowest BCUT2D eigenvalue weighted by Crippen LogP contribution is -2.39. The maximum atomic E-state index is 12.4. The number of methoxy groups -OCH3 is 1. The summed E-state index contributed by atoms with van der Waals surface area (Å²) >= 11 is 5.98. The number of aliphatic hydroxyl groups excluding tert-OH is 1. The van der Waals surface area contributed by atoms with Gasteiger partial charge in [0, 0.05) is 29.6 Å². The van der Waals surface area contributed by atoms with E-state index in [1.807, 2.05) is 0 Å². The molecule has 3 rings (SSSR count). The van der Waals surface area contributed by atoms with Crippen LogP contribution in [-0.2, 0) is 0 Å². The van der Waals surface area contributed by atoms with Crippen molar-refractivity contribution in [2.45, 2.75) is 12.5 Å². The van der Waals surface area contributed by atoms with Gasteiger partial charge in [-0.05, 0) is 30.5 Å². The number of nitrogens with zero attached hydrogens (tertiary/aromatic N) is 1. The quantitative estimate of drug-likeness (QED) is 0.899. The summed E-state index contributed by atoms with van der Waals surface area (Å²) in [6.45, 7) is 1.37. The average molecular weight is 282 g/mol. The van der Waals surface area contributed by atoms with Gasteiger partial charge in [0.15, 0.2) is 0 Å². The lowest BCUT2D eigenvalue weighted by atomic mass is 9.74. The van der Waals surface area contributed by atoms with Crippen LogP contribution in [0.1, 0.15) is 16.8 Å². The van der Waals surface area contributed by atoms with Crippen LogP contribution < -0.4 is 4.74 Å². The number of carbonyl (C=O) groups excluding carboxylic acids is 1. The van der Waals surface area contributed by atoms with Crippen molar-refractivity contribution in [2.75, 3.05) is 20.2 Å². The first-order valence-electron chi connectivity index (χ1n) is 6.40. The van der Waals surface area contributed by atoms with E-state index in [1.54, 1.807) is 30.2 Å². The summed E-state index contributed by atoms with van der Waals surface area (Å²) < 4.78 is 5.12. The predicted octanol–water partition coefficient (Wildman–Crippen LogP) is 1.80. The number of benzene rings is 1. The van der Waals surface area contributed by atoms with Gasteiger partial charge in [-0.25, -0.2) is 0 Å². The molecule has 2 fully saturated rings. The molecular formula is C14H16ClNO3. The van der Waals surface area contributed by atoms with E-state index in [2.05, 4.69) is 0 Å². The Morgan fingerprint density at radius 2 is 2.21 bits per heavy atom. The van der Waals surface area contributed by atoms with Crippen molar-refractivity contribution in [3.05, 3.63) is 28.8 Å². The molecule has 0 bridgehead atoms. The highest BCUT2D eigenvalue weighted by Crippen LogP contribution is 2.41. The molecule has 0 radical (unpaired) electrons. The third-order valence-corrected chi connectivity index (χ3v) is 4.39. The molecule has 19 heavy (non-hydrogen) atoms. The molecule has 1 saturated heterocycles. The summed E-state index contributed by atoms with van der Waals surface area (Å²) in [7, 11) is 1.55. The molecule has 0 aromatic heterocycles. The molecular weight excluding hydrogens is 266 g/mol. The van der Waals surface area contributed by atoms with E-state index in [-0.39, 0.29) is 17.9 Å². The number of hydrogen-bond acceptors (Lipinski definition) is 3. The van der Waals surface area contributed by atoms with Gasteiger partial charge in [0.2, 0.25) is 0 Å². The Morgan fingerprint density at radius 3 is 2.84 bits per heavy atom. The van der Waals surface area contributed by atoms with Crippen LogP contribution in [0.5, 0.6) is 5.75 Å². The zero-order valence-corrected chi connectivity index (χ0v) is 11.4. The van der Waals surface area contributed by atoms with Crippen LogP contribution in [0.4, 0.5) is 0 Å². The van der Waals surface area contributed by atoms with E-state index < -0.39 is 0 Å². The molecule has 1 heterocycles. The van der Waals surface area contributed by atoms with Gasteiger partial charge in [0.25, 0.3) is 5.91 Å². The predicted molar refractivity (Wildman–Crippen MR) is 71.5 cm³/mol. The van der Waals surface area contributed by atoms with Crippen LogP contribution in [0.2, 0.25) is 5.02 Å². The third kappa shape index (κ3) is 2.19. The number of carbonyl (C=O) groups is 1. The van der Waals surface area contributed by atoms with Crippen molar-refractivity contribution in [3.63, 3.8) is 0 Å². The van der Waals surface area contributed by atoms with Crippen molar-refractivity contribution in [3.8, 4) is 5.75 Å². The Bertz CT molecular complexity index is 519. The van der Waals surface area contributed by atoms with Gasteiger partial charge in [-0.2, -0.15) is 0 Å². The summed E-state index contributed by atoms with van der Waals surface area (Å²) in [5, 5.41) is 10.1. The van der Waals surface area contributed by atoms with E-state index in [0.717, 1.165) is 13.0 Å². The van der Waals surface area contributed by atoms with Crippen LogP contribution in [0.25, 0.3) is 0 Å². The molecule has 1 amide bonds. The van der Waals surface area contributed by atoms with Crippen molar-refractivity contribution in [1.82, 2.24) is 4.90 Å². The first kappa shape index (κ1) is 12.8. The molecule has 102 valence electrons. The zero-order chi connectivity index (χ0) is 13.6. The minimum atomic E-state index is -0.239. The summed E-state index contributed by atoms with van der Waals surface area (Å²) in [4.78, 5) is 14.2. The summed E-state index contributed by atoms with van der Waals surface area (Å²) in [6.07, 6.45) is 0.574. The van der Waals surface area contributed by atoms with E-state index in [9.17, 15) is 9.90 Å². The Balaban J connectivity index is 1.79. The zero-order valence-electron chi connectivity index (χ0n) is 10.7. The van der Waals surface area contributed by atoms with Crippen molar-refractivity contribution < 1.29 is 14.6 Å². The number of likely N-dealkylation sites (tertiary alicyclic amines) is 1. The van der Waals surface area contributed by atoms with Crippen LogP contribution in [-0.4, -0.2) is 42.2 Å². The SMILES string of the molecule is COc1cc(Cl)cc(C(=O)N2C[C@H]3C[C@@H](O)[C@H]3C2)c1. The highest BCUT2D eigenvalue weighted by atomic mass is 35.5. The first-order valence-corrected chi connectivity index (χ1v) is 6.78. The van der Waals surface area contributed by atoms with Crippen LogP contribution in [0.15, 0.2) is 18.2 Å². The van der Waals surface area contributed by atoms with Gasteiger partial charge < -0.3 is 14.7 Å². The van der Waals surface area contributed by atoms with Gasteiger partial charge in [-0.1, -0.05) is 11.6 Å². The molecule has 4 nitrogen and oxygen atoms in total. The highest BCUT2D eigenvalue weighted by molar-refractivity contribution is 6.31.